The number of likely N-dealkylation sites (N-methyl/N-ethyl adjacent to an activating group) is 1. The number of carbonyl (C=O) groups excluding carboxylic acids is 2. The number of carbonyl (C=O) groups is 2. The van der Waals surface area contributed by atoms with E-state index in [2.05, 4.69) is 43.6 Å². The highest BCUT2D eigenvalue weighted by Crippen LogP contribution is 2.07. The number of aryl methyl sites for hydroxylation is 2. The van der Waals surface area contributed by atoms with E-state index in [-0.39, 0.29) is 11.8 Å². The van der Waals surface area contributed by atoms with Crippen LogP contribution in [0.2, 0.25) is 0 Å². The molecule has 3 N–H and O–H groups in total. The van der Waals surface area contributed by atoms with Crippen molar-refractivity contribution >= 4 is 11.8 Å². The third-order valence-corrected chi connectivity index (χ3v) is 6.16. The molecule has 2 amide bonds. The first-order valence-corrected chi connectivity index (χ1v) is 17.0. The van der Waals surface area contributed by atoms with Gasteiger partial charge in [0.15, 0.2) is 0 Å². The van der Waals surface area contributed by atoms with Gasteiger partial charge in [-0.1, -0.05) is 77.6 Å². The molecule has 0 unspecified atom stereocenters. The lowest BCUT2D eigenvalue weighted by Crippen LogP contribution is -2.27. The minimum atomic E-state index is -0.0345. The van der Waals surface area contributed by atoms with Gasteiger partial charge in [0.2, 0.25) is 0 Å². The Morgan fingerprint density at radius 1 is 0.533 bits per heavy atom. The van der Waals surface area contributed by atoms with Crippen molar-refractivity contribution in [2.24, 2.45) is 0 Å². The second-order valence-corrected chi connectivity index (χ2v) is 10.1. The topological polar surface area (TPSA) is 97.9 Å². The largest absolute Gasteiger partial charge is 0.380 e. The second kappa shape index (κ2) is 34.1. The summed E-state index contributed by atoms with van der Waals surface area (Å²) >= 11 is 0. The van der Waals surface area contributed by atoms with Crippen molar-refractivity contribution in [1.29, 1.82) is 0 Å². The lowest BCUT2D eigenvalue weighted by Gasteiger charge is -2.06. The fourth-order valence-electron chi connectivity index (χ4n) is 3.51. The molecule has 0 saturated carbocycles. The van der Waals surface area contributed by atoms with Crippen molar-refractivity contribution in [1.82, 2.24) is 16.0 Å². The first-order chi connectivity index (χ1) is 21.9. The van der Waals surface area contributed by atoms with Crippen LogP contribution in [-0.2, 0) is 27.1 Å². The lowest BCUT2D eigenvalue weighted by molar-refractivity contribution is 0.0545. The molecule has 8 nitrogen and oxygen atoms in total. The molecule has 0 aliphatic heterocycles. The van der Waals surface area contributed by atoms with Gasteiger partial charge < -0.3 is 30.2 Å². The van der Waals surface area contributed by atoms with Gasteiger partial charge in [0, 0.05) is 44.0 Å². The molecule has 8 heteroatoms. The Balaban J connectivity index is 0. The summed E-state index contributed by atoms with van der Waals surface area (Å²) in [5.41, 5.74) is 4.02. The summed E-state index contributed by atoms with van der Waals surface area (Å²) in [7, 11) is 1.91. The maximum Gasteiger partial charge on any atom is 0.251 e. The SMILES string of the molecule is CCCC.CCCc1ccc(C(=O)NCC)cc1.CCCc1ccc(C(=O)NCCOCC)cc1.CCOCCOCCNC. The Morgan fingerprint density at radius 2 is 0.956 bits per heavy atom. The molecule has 2 aromatic carbocycles. The summed E-state index contributed by atoms with van der Waals surface area (Å²) in [6, 6.07) is 15.6. The molecule has 0 spiro atoms. The van der Waals surface area contributed by atoms with E-state index >= 15 is 0 Å². The highest BCUT2D eigenvalue weighted by molar-refractivity contribution is 5.94. The van der Waals surface area contributed by atoms with Crippen molar-refractivity contribution in [2.75, 3.05) is 66.3 Å². The van der Waals surface area contributed by atoms with Crippen molar-refractivity contribution in [3.05, 3.63) is 70.8 Å². The average molecular weight is 632 g/mol. The molecule has 0 radical (unpaired) electrons. The van der Waals surface area contributed by atoms with E-state index in [9.17, 15) is 9.59 Å². The summed E-state index contributed by atoms with van der Waals surface area (Å²) in [4.78, 5) is 23.1. The zero-order chi connectivity index (χ0) is 34.0. The summed E-state index contributed by atoms with van der Waals surface area (Å²) in [5.74, 6) is -0.0247. The minimum Gasteiger partial charge on any atom is -0.380 e. The average Bonchev–Trinajstić information content (AvgIpc) is 3.06. The van der Waals surface area contributed by atoms with Gasteiger partial charge in [-0.25, -0.2) is 0 Å². The Bertz CT molecular complexity index is 911. The van der Waals surface area contributed by atoms with Crippen LogP contribution in [0.1, 0.15) is 106 Å². The van der Waals surface area contributed by atoms with E-state index < -0.39 is 0 Å². The summed E-state index contributed by atoms with van der Waals surface area (Å²) in [5, 5.41) is 8.59. The highest BCUT2D eigenvalue weighted by Gasteiger charge is 2.04. The smallest absolute Gasteiger partial charge is 0.251 e. The molecule has 0 aliphatic carbocycles. The number of hydrogen-bond acceptors (Lipinski definition) is 6. The third-order valence-electron chi connectivity index (χ3n) is 6.16. The number of benzene rings is 2. The molecule has 0 atom stereocenters. The van der Waals surface area contributed by atoms with Crippen molar-refractivity contribution in [3.8, 4) is 0 Å². The van der Waals surface area contributed by atoms with Crippen LogP contribution in [0.15, 0.2) is 48.5 Å². The second-order valence-electron chi connectivity index (χ2n) is 10.1. The van der Waals surface area contributed by atoms with E-state index in [1.165, 1.54) is 24.0 Å². The maximum absolute atomic E-state index is 11.7. The quantitative estimate of drug-likeness (QED) is 0.147. The van der Waals surface area contributed by atoms with Gasteiger partial charge in [0.05, 0.1) is 26.4 Å². The number of nitrogens with one attached hydrogen (secondary N) is 3. The molecular weight excluding hydrogens is 566 g/mol. The predicted octanol–water partition coefficient (Wildman–Crippen LogP) is 6.86. The van der Waals surface area contributed by atoms with Crippen LogP contribution < -0.4 is 16.0 Å². The van der Waals surface area contributed by atoms with Gasteiger partial charge in [-0.15, -0.1) is 0 Å². The van der Waals surface area contributed by atoms with Crippen LogP contribution in [0.5, 0.6) is 0 Å². The maximum atomic E-state index is 11.7. The number of rotatable bonds is 19. The summed E-state index contributed by atoms with van der Waals surface area (Å²) < 4.78 is 15.4. The summed E-state index contributed by atoms with van der Waals surface area (Å²) in [6.07, 6.45) is 7.04. The molecule has 45 heavy (non-hydrogen) atoms. The minimum absolute atomic E-state index is 0.00977. The van der Waals surface area contributed by atoms with Gasteiger partial charge in [0.1, 0.15) is 0 Å². The third kappa shape index (κ3) is 27.3. The Kier molecular flexibility index (Phi) is 33.6. The van der Waals surface area contributed by atoms with E-state index in [4.69, 9.17) is 14.2 Å². The van der Waals surface area contributed by atoms with Gasteiger partial charge in [-0.05, 0) is 76.1 Å². The van der Waals surface area contributed by atoms with E-state index in [1.807, 2.05) is 76.3 Å². The van der Waals surface area contributed by atoms with E-state index in [1.54, 1.807) is 0 Å². The van der Waals surface area contributed by atoms with Crippen LogP contribution in [0.3, 0.4) is 0 Å². The molecule has 258 valence electrons. The Hall–Kier alpha value is -2.78. The standard InChI is InChI=1S/C14H21NO2.C12H17NO.C7H17NO2.C4H10/c1-3-5-12-6-8-13(9-7-12)14(16)15-10-11-17-4-2;1-3-5-10-6-8-11(9-7-10)12(14)13-4-2;1-3-9-6-7-10-5-4-8-2;1-3-4-2/h6-9H,3-5,10-11H2,1-2H3,(H,15,16);6-9H,3-5H2,1-2H3,(H,13,14);8H,3-7H2,1-2H3;3-4H2,1-2H3. The van der Waals surface area contributed by atoms with Gasteiger partial charge in [-0.3, -0.25) is 9.59 Å². The molecule has 0 bridgehead atoms. The number of ether oxygens (including phenoxy) is 3. The van der Waals surface area contributed by atoms with Crippen LogP contribution in [0, 0.1) is 0 Å². The van der Waals surface area contributed by atoms with Gasteiger partial charge >= 0.3 is 0 Å². The number of amides is 2. The molecule has 2 rings (SSSR count). The first kappa shape index (κ1) is 44.3. The molecule has 0 fully saturated rings. The highest BCUT2D eigenvalue weighted by atomic mass is 16.5. The zero-order valence-corrected chi connectivity index (χ0v) is 29.8. The van der Waals surface area contributed by atoms with Crippen molar-refractivity contribution in [2.45, 2.75) is 87.0 Å². The Morgan fingerprint density at radius 3 is 1.36 bits per heavy atom. The predicted molar refractivity (Wildman–Crippen MR) is 190 cm³/mol. The number of unbranched alkanes of at least 4 members (excludes halogenated alkanes) is 1. The molecule has 0 heterocycles. The zero-order valence-electron chi connectivity index (χ0n) is 29.8. The normalized spacial score (nSPS) is 9.87. The molecule has 0 aromatic heterocycles. The van der Waals surface area contributed by atoms with Crippen LogP contribution in [0.25, 0.3) is 0 Å². The fraction of sp³-hybridized carbons (Fsp3) is 0.622. The number of hydrogen-bond donors (Lipinski definition) is 3. The van der Waals surface area contributed by atoms with E-state index in [0.717, 1.165) is 51.0 Å². The monoisotopic (exact) mass is 631 g/mol. The van der Waals surface area contributed by atoms with Crippen LogP contribution >= 0.6 is 0 Å². The van der Waals surface area contributed by atoms with Crippen molar-refractivity contribution in [3.63, 3.8) is 0 Å². The summed E-state index contributed by atoms with van der Waals surface area (Å²) in [6.45, 7) is 20.8. The first-order valence-electron chi connectivity index (χ1n) is 17.0. The van der Waals surface area contributed by atoms with Crippen LogP contribution in [-0.4, -0.2) is 78.1 Å². The molecule has 0 aliphatic rings. The molecule has 2 aromatic rings. The van der Waals surface area contributed by atoms with E-state index in [0.29, 0.717) is 45.1 Å². The molecular formula is C37H65N3O5. The Labute approximate surface area is 275 Å². The molecule has 0 saturated heterocycles. The fourth-order valence-corrected chi connectivity index (χ4v) is 3.51. The lowest BCUT2D eigenvalue weighted by atomic mass is 10.1. The van der Waals surface area contributed by atoms with Crippen molar-refractivity contribution < 1.29 is 23.8 Å². The van der Waals surface area contributed by atoms with Crippen LogP contribution in [0.4, 0.5) is 0 Å². The van der Waals surface area contributed by atoms with Gasteiger partial charge in [0.25, 0.3) is 11.8 Å². The van der Waals surface area contributed by atoms with Gasteiger partial charge in [-0.2, -0.15) is 0 Å².